The molecule has 1 fully saturated rings. The molecule has 23 heavy (non-hydrogen) atoms. The number of ether oxygens (including phenoxy) is 2. The number of benzene rings is 1. The summed E-state index contributed by atoms with van der Waals surface area (Å²) >= 11 is 0. The van der Waals surface area contributed by atoms with Gasteiger partial charge in [-0.3, -0.25) is 0 Å². The van der Waals surface area contributed by atoms with E-state index in [4.69, 9.17) is 9.47 Å². The number of aryl methyl sites for hydroxylation is 1. The monoisotopic (exact) mass is 320 g/mol. The minimum absolute atomic E-state index is 0.128. The van der Waals surface area contributed by atoms with Crippen LogP contribution >= 0.6 is 0 Å². The lowest BCUT2D eigenvalue weighted by Crippen LogP contribution is -2.37. The molecular weight excluding hydrogens is 292 g/mol. The van der Waals surface area contributed by atoms with Crippen molar-refractivity contribution in [3.05, 3.63) is 29.3 Å². The topological polar surface area (TPSA) is 59.6 Å². The van der Waals surface area contributed by atoms with Gasteiger partial charge < -0.3 is 20.1 Å². The molecule has 5 heteroatoms. The summed E-state index contributed by atoms with van der Waals surface area (Å²) in [5, 5.41) is 6.44. The molecule has 2 N–H and O–H groups in total. The van der Waals surface area contributed by atoms with Gasteiger partial charge in [-0.2, -0.15) is 0 Å². The number of methoxy groups -OCH3 is 1. The van der Waals surface area contributed by atoms with Crippen LogP contribution in [0.2, 0.25) is 0 Å². The molecule has 0 saturated heterocycles. The van der Waals surface area contributed by atoms with Gasteiger partial charge in [0.2, 0.25) is 0 Å². The summed E-state index contributed by atoms with van der Waals surface area (Å²) in [6.45, 7) is 9.77. The Morgan fingerprint density at radius 3 is 2.61 bits per heavy atom. The van der Waals surface area contributed by atoms with Gasteiger partial charge in [0.05, 0.1) is 7.11 Å². The van der Waals surface area contributed by atoms with Gasteiger partial charge in [0.25, 0.3) is 0 Å². The Hall–Kier alpha value is -1.75. The smallest absolute Gasteiger partial charge is 0.407 e. The molecule has 1 aliphatic carbocycles. The van der Waals surface area contributed by atoms with Gasteiger partial charge in [0, 0.05) is 23.7 Å². The lowest BCUT2D eigenvalue weighted by molar-refractivity contribution is 0.0522. The lowest BCUT2D eigenvalue weighted by Gasteiger charge is -2.20. The van der Waals surface area contributed by atoms with E-state index in [0.717, 1.165) is 17.7 Å². The van der Waals surface area contributed by atoms with Gasteiger partial charge in [-0.25, -0.2) is 4.79 Å². The number of carbonyl (C=O) groups is 1. The molecule has 1 aromatic carbocycles. The second kappa shape index (κ2) is 6.79. The van der Waals surface area contributed by atoms with Crippen molar-refractivity contribution in [2.45, 2.75) is 64.8 Å². The van der Waals surface area contributed by atoms with Gasteiger partial charge in [-0.05, 0) is 47.1 Å². The van der Waals surface area contributed by atoms with Crippen LogP contribution in [0.1, 0.15) is 51.3 Å². The number of amides is 1. The highest BCUT2D eigenvalue weighted by molar-refractivity contribution is 5.68. The van der Waals surface area contributed by atoms with Crippen molar-refractivity contribution in [3.8, 4) is 5.75 Å². The van der Waals surface area contributed by atoms with Gasteiger partial charge in [0.15, 0.2) is 0 Å². The predicted octanol–water partition coefficient (Wildman–Crippen LogP) is 3.32. The molecule has 2 rings (SSSR count). The molecule has 1 aromatic rings. The first-order valence-electron chi connectivity index (χ1n) is 8.09. The van der Waals surface area contributed by atoms with Crippen LogP contribution in [0, 0.1) is 6.92 Å². The summed E-state index contributed by atoms with van der Waals surface area (Å²) in [5.74, 6) is 0.882. The average Bonchev–Trinajstić information content (AvgIpc) is 3.13. The summed E-state index contributed by atoms with van der Waals surface area (Å²) < 4.78 is 10.7. The Labute approximate surface area is 138 Å². The van der Waals surface area contributed by atoms with Crippen LogP contribution in [-0.4, -0.2) is 30.9 Å². The molecule has 0 bridgehead atoms. The molecule has 128 valence electrons. The molecular formula is C18H28N2O3. The molecule has 1 saturated carbocycles. The molecule has 0 spiro atoms. The first-order valence-corrected chi connectivity index (χ1v) is 8.09. The Balaban J connectivity index is 1.87. The van der Waals surface area contributed by atoms with Crippen molar-refractivity contribution in [2.24, 2.45) is 0 Å². The molecule has 0 heterocycles. The van der Waals surface area contributed by atoms with E-state index in [0.29, 0.717) is 0 Å². The summed E-state index contributed by atoms with van der Waals surface area (Å²) in [6.07, 6.45) is 0.560. The Morgan fingerprint density at radius 2 is 2.00 bits per heavy atom. The standard InChI is InChI=1S/C18H28N2O3/c1-11-7-8-16(22-6)13(9-11)12(2)19-14-10-15(14)20-17(21)23-18(3,4)5/h7-9,12,14-15,19H,10H2,1-6H3,(H,20,21). The van der Waals surface area contributed by atoms with Crippen LogP contribution in [0.5, 0.6) is 5.75 Å². The molecule has 5 nitrogen and oxygen atoms in total. The number of carbonyl (C=O) groups excluding carboxylic acids is 1. The van der Waals surface area contributed by atoms with E-state index in [-0.39, 0.29) is 24.2 Å². The van der Waals surface area contributed by atoms with Crippen molar-refractivity contribution in [1.29, 1.82) is 0 Å². The minimum atomic E-state index is -0.468. The van der Waals surface area contributed by atoms with Crippen LogP contribution in [0.25, 0.3) is 0 Å². The highest BCUT2D eigenvalue weighted by Gasteiger charge is 2.40. The van der Waals surface area contributed by atoms with Crippen molar-refractivity contribution in [2.75, 3.05) is 7.11 Å². The van der Waals surface area contributed by atoms with Gasteiger partial charge >= 0.3 is 6.09 Å². The highest BCUT2D eigenvalue weighted by atomic mass is 16.6. The number of rotatable bonds is 5. The molecule has 1 amide bonds. The normalized spacial score (nSPS) is 21.5. The van der Waals surface area contributed by atoms with E-state index < -0.39 is 5.60 Å². The summed E-state index contributed by atoms with van der Waals surface area (Å²) in [5.41, 5.74) is 1.87. The van der Waals surface area contributed by atoms with E-state index in [1.54, 1.807) is 7.11 Å². The average molecular weight is 320 g/mol. The van der Waals surface area contributed by atoms with Crippen molar-refractivity contribution >= 4 is 6.09 Å². The number of hydrogen-bond donors (Lipinski definition) is 2. The Morgan fingerprint density at radius 1 is 1.30 bits per heavy atom. The van der Waals surface area contributed by atoms with E-state index in [1.165, 1.54) is 5.56 Å². The summed E-state index contributed by atoms with van der Waals surface area (Å²) in [7, 11) is 1.69. The van der Waals surface area contributed by atoms with E-state index >= 15 is 0 Å². The van der Waals surface area contributed by atoms with Crippen molar-refractivity contribution < 1.29 is 14.3 Å². The number of alkyl carbamates (subject to hydrolysis) is 1. The minimum Gasteiger partial charge on any atom is -0.496 e. The number of hydrogen-bond acceptors (Lipinski definition) is 4. The Bertz CT molecular complexity index is 566. The fourth-order valence-corrected chi connectivity index (χ4v) is 2.60. The van der Waals surface area contributed by atoms with Gasteiger partial charge in [-0.1, -0.05) is 17.7 Å². The third-order valence-electron chi connectivity index (χ3n) is 3.81. The molecule has 0 radical (unpaired) electrons. The third-order valence-corrected chi connectivity index (χ3v) is 3.81. The van der Waals surface area contributed by atoms with Crippen molar-refractivity contribution in [3.63, 3.8) is 0 Å². The first-order chi connectivity index (χ1) is 10.7. The molecule has 1 aliphatic rings. The highest BCUT2D eigenvalue weighted by Crippen LogP contribution is 2.30. The van der Waals surface area contributed by atoms with E-state index in [9.17, 15) is 4.79 Å². The van der Waals surface area contributed by atoms with Crippen LogP contribution in [0.3, 0.4) is 0 Å². The quantitative estimate of drug-likeness (QED) is 0.874. The van der Waals surface area contributed by atoms with Crippen LogP contribution in [0.15, 0.2) is 18.2 Å². The van der Waals surface area contributed by atoms with Crippen molar-refractivity contribution in [1.82, 2.24) is 10.6 Å². The molecule has 0 aromatic heterocycles. The van der Waals surface area contributed by atoms with Crippen LogP contribution < -0.4 is 15.4 Å². The van der Waals surface area contributed by atoms with E-state index in [1.807, 2.05) is 32.9 Å². The number of nitrogens with one attached hydrogen (secondary N) is 2. The zero-order valence-corrected chi connectivity index (χ0v) is 14.9. The third kappa shape index (κ3) is 5.13. The maximum absolute atomic E-state index is 11.8. The fourth-order valence-electron chi connectivity index (χ4n) is 2.60. The Kier molecular flexibility index (Phi) is 5.19. The van der Waals surface area contributed by atoms with Crippen LogP contribution in [0.4, 0.5) is 4.79 Å². The molecule has 0 aliphatic heterocycles. The van der Waals surface area contributed by atoms with Gasteiger partial charge in [0.1, 0.15) is 11.4 Å². The first kappa shape index (κ1) is 17.6. The second-order valence-electron chi connectivity index (χ2n) is 7.23. The zero-order chi connectivity index (χ0) is 17.2. The largest absolute Gasteiger partial charge is 0.496 e. The maximum atomic E-state index is 11.8. The maximum Gasteiger partial charge on any atom is 0.407 e. The summed E-state index contributed by atoms with van der Waals surface area (Å²) in [6, 6.07) is 6.71. The molecule has 3 unspecified atom stereocenters. The zero-order valence-electron chi connectivity index (χ0n) is 14.9. The fraction of sp³-hybridized carbons (Fsp3) is 0.611. The summed E-state index contributed by atoms with van der Waals surface area (Å²) in [4.78, 5) is 11.8. The lowest BCUT2D eigenvalue weighted by atomic mass is 10.0. The van der Waals surface area contributed by atoms with Crippen LogP contribution in [-0.2, 0) is 4.74 Å². The second-order valence-corrected chi connectivity index (χ2v) is 7.23. The SMILES string of the molecule is COc1ccc(C)cc1C(C)NC1CC1NC(=O)OC(C)(C)C. The van der Waals surface area contributed by atoms with Gasteiger partial charge in [-0.15, -0.1) is 0 Å². The molecule has 3 atom stereocenters. The van der Waals surface area contributed by atoms with E-state index in [2.05, 4.69) is 30.5 Å². The predicted molar refractivity (Wildman–Crippen MR) is 90.8 cm³/mol.